The molecular weight excluding hydrogens is 339 g/mol. The average molecular weight is 357 g/mol. The number of halogens is 3. The van der Waals surface area contributed by atoms with Gasteiger partial charge in [-0.05, 0) is 12.8 Å². The van der Waals surface area contributed by atoms with Gasteiger partial charge in [-0.25, -0.2) is 0 Å². The van der Waals surface area contributed by atoms with Gasteiger partial charge in [-0.1, -0.05) is 5.16 Å². The Labute approximate surface area is 141 Å². The molecule has 0 spiro atoms. The summed E-state index contributed by atoms with van der Waals surface area (Å²) in [6, 6.07) is 2.03. The number of alkyl halides is 3. The summed E-state index contributed by atoms with van der Waals surface area (Å²) in [6.07, 6.45) is -2.24. The Hall–Kier alpha value is -1.94. The molecule has 1 aliphatic heterocycles. The van der Waals surface area contributed by atoms with Crippen LogP contribution in [0.15, 0.2) is 15.0 Å². The lowest BCUT2D eigenvalue weighted by Gasteiger charge is -2.33. The first kappa shape index (κ1) is 16.5. The summed E-state index contributed by atoms with van der Waals surface area (Å²) in [5.74, 6) is 0.226. The molecule has 2 aliphatic rings. The summed E-state index contributed by atoms with van der Waals surface area (Å²) >= 11 is 0. The minimum absolute atomic E-state index is 0.00801. The second-order valence-corrected chi connectivity index (χ2v) is 6.55. The van der Waals surface area contributed by atoms with Crippen LogP contribution in [0, 0.1) is 0 Å². The molecule has 3 heterocycles. The van der Waals surface area contributed by atoms with E-state index in [9.17, 15) is 13.2 Å². The highest BCUT2D eigenvalue weighted by atomic mass is 19.4. The van der Waals surface area contributed by atoms with Crippen LogP contribution in [0.4, 0.5) is 13.2 Å². The molecule has 2 aromatic heterocycles. The van der Waals surface area contributed by atoms with Gasteiger partial charge in [-0.3, -0.25) is 9.80 Å². The van der Waals surface area contributed by atoms with Gasteiger partial charge >= 0.3 is 12.1 Å². The van der Waals surface area contributed by atoms with Crippen molar-refractivity contribution in [3.05, 3.63) is 29.3 Å². The fraction of sp³-hybridized carbons (Fsp3) is 0.667. The summed E-state index contributed by atoms with van der Waals surface area (Å²) in [6.45, 7) is 3.99. The van der Waals surface area contributed by atoms with Crippen molar-refractivity contribution in [1.29, 1.82) is 0 Å². The van der Waals surface area contributed by atoms with Crippen molar-refractivity contribution in [3.8, 4) is 0 Å². The molecule has 10 heteroatoms. The van der Waals surface area contributed by atoms with Crippen LogP contribution in [0.2, 0.25) is 0 Å². The fourth-order valence-corrected chi connectivity index (χ4v) is 2.92. The van der Waals surface area contributed by atoms with Crippen molar-refractivity contribution in [2.75, 3.05) is 26.2 Å². The van der Waals surface area contributed by atoms with Gasteiger partial charge in [0.25, 0.3) is 0 Å². The smallest absolute Gasteiger partial charge is 0.416 e. The topological polar surface area (TPSA) is 71.4 Å². The number of nitrogens with zero attached hydrogens (tertiary/aromatic N) is 5. The Morgan fingerprint density at radius 3 is 2.32 bits per heavy atom. The molecule has 2 fully saturated rings. The molecule has 4 rings (SSSR count). The van der Waals surface area contributed by atoms with Crippen molar-refractivity contribution >= 4 is 0 Å². The van der Waals surface area contributed by atoms with E-state index in [4.69, 9.17) is 4.52 Å². The summed E-state index contributed by atoms with van der Waals surface area (Å²) in [7, 11) is 0. The van der Waals surface area contributed by atoms with Gasteiger partial charge in [0.1, 0.15) is 5.76 Å². The molecule has 0 aromatic carbocycles. The average Bonchev–Trinajstić information content (AvgIpc) is 3.12. The second kappa shape index (κ2) is 6.41. The Bertz CT molecular complexity index is 717. The van der Waals surface area contributed by atoms with Crippen LogP contribution in [0.1, 0.15) is 42.0 Å². The molecule has 0 radical (unpaired) electrons. The van der Waals surface area contributed by atoms with Gasteiger partial charge in [0.15, 0.2) is 0 Å². The molecule has 0 unspecified atom stereocenters. The minimum Gasteiger partial charge on any atom is -0.416 e. The van der Waals surface area contributed by atoms with Crippen molar-refractivity contribution in [3.63, 3.8) is 0 Å². The Balaban J connectivity index is 1.25. The number of aromatic nitrogens is 3. The standard InChI is InChI=1S/C15H18F3N5O2/c16-15(17,18)14-20-19-13(24-14)9-23-5-3-22(4-6-23)8-11-7-12(25-21-11)10-1-2-10/h7,10H,1-6,8-9H2. The molecule has 0 bridgehead atoms. The van der Waals surface area contributed by atoms with Gasteiger partial charge < -0.3 is 8.94 Å². The largest absolute Gasteiger partial charge is 0.470 e. The van der Waals surface area contributed by atoms with E-state index in [1.807, 2.05) is 11.0 Å². The van der Waals surface area contributed by atoms with Crippen LogP contribution in [0.3, 0.4) is 0 Å². The van der Waals surface area contributed by atoms with Crippen molar-refractivity contribution in [2.24, 2.45) is 0 Å². The van der Waals surface area contributed by atoms with Gasteiger partial charge in [0.2, 0.25) is 5.89 Å². The molecule has 2 aromatic rings. The maximum Gasteiger partial charge on any atom is 0.470 e. The highest BCUT2D eigenvalue weighted by Gasteiger charge is 2.38. The van der Waals surface area contributed by atoms with Crippen LogP contribution in [0.5, 0.6) is 0 Å². The van der Waals surface area contributed by atoms with E-state index in [2.05, 4.69) is 24.7 Å². The molecule has 1 saturated carbocycles. The molecule has 7 nitrogen and oxygen atoms in total. The van der Waals surface area contributed by atoms with Gasteiger partial charge in [-0.15, -0.1) is 10.2 Å². The zero-order chi connectivity index (χ0) is 17.4. The third kappa shape index (κ3) is 4.01. The summed E-state index contributed by atoms with van der Waals surface area (Å²) < 4.78 is 47.4. The quantitative estimate of drug-likeness (QED) is 0.813. The predicted octanol–water partition coefficient (Wildman–Crippen LogP) is 2.27. The van der Waals surface area contributed by atoms with Gasteiger partial charge in [0.05, 0.1) is 12.2 Å². The lowest BCUT2D eigenvalue weighted by molar-refractivity contribution is -0.157. The number of rotatable bonds is 5. The number of hydrogen-bond donors (Lipinski definition) is 0. The van der Waals surface area contributed by atoms with Gasteiger partial charge in [0, 0.05) is 44.7 Å². The maximum absolute atomic E-state index is 12.5. The first-order valence-corrected chi connectivity index (χ1v) is 8.27. The summed E-state index contributed by atoms with van der Waals surface area (Å²) in [5, 5.41) is 10.6. The second-order valence-electron chi connectivity index (χ2n) is 6.55. The van der Waals surface area contributed by atoms with E-state index in [-0.39, 0.29) is 12.4 Å². The SMILES string of the molecule is FC(F)(F)c1nnc(CN2CCN(Cc3cc(C4CC4)on3)CC2)o1. The zero-order valence-corrected chi connectivity index (χ0v) is 13.5. The van der Waals surface area contributed by atoms with Gasteiger partial charge in [-0.2, -0.15) is 13.2 Å². The van der Waals surface area contributed by atoms with Crippen molar-refractivity contribution in [1.82, 2.24) is 25.2 Å². The molecule has 0 amide bonds. The molecule has 1 saturated heterocycles. The lowest BCUT2D eigenvalue weighted by atomic mass is 10.2. The molecule has 1 aliphatic carbocycles. The Morgan fingerprint density at radius 2 is 1.72 bits per heavy atom. The van der Waals surface area contributed by atoms with E-state index in [0.29, 0.717) is 5.92 Å². The molecular formula is C15H18F3N5O2. The molecule has 136 valence electrons. The van der Waals surface area contributed by atoms with E-state index in [1.165, 1.54) is 12.8 Å². The van der Waals surface area contributed by atoms with Crippen molar-refractivity contribution < 1.29 is 22.1 Å². The van der Waals surface area contributed by atoms with Crippen molar-refractivity contribution in [2.45, 2.75) is 38.0 Å². The van der Waals surface area contributed by atoms with Crippen LogP contribution >= 0.6 is 0 Å². The summed E-state index contributed by atoms with van der Waals surface area (Å²) in [5.41, 5.74) is 0.932. The van der Waals surface area contributed by atoms with E-state index >= 15 is 0 Å². The normalized spacial score (nSPS) is 20.3. The van der Waals surface area contributed by atoms with Crippen LogP contribution in [-0.4, -0.2) is 51.3 Å². The molecule has 0 N–H and O–H groups in total. The maximum atomic E-state index is 12.5. The number of piperazine rings is 1. The van der Waals surface area contributed by atoms with Crippen LogP contribution in [-0.2, 0) is 19.3 Å². The minimum atomic E-state index is -4.60. The lowest BCUT2D eigenvalue weighted by Crippen LogP contribution is -2.45. The highest BCUT2D eigenvalue weighted by molar-refractivity contribution is 5.14. The first-order valence-electron chi connectivity index (χ1n) is 8.27. The third-order valence-corrected chi connectivity index (χ3v) is 4.48. The Morgan fingerprint density at radius 1 is 1.04 bits per heavy atom. The van der Waals surface area contributed by atoms with E-state index < -0.39 is 12.1 Å². The predicted molar refractivity (Wildman–Crippen MR) is 78.3 cm³/mol. The van der Waals surface area contributed by atoms with Crippen LogP contribution < -0.4 is 0 Å². The first-order chi connectivity index (χ1) is 12.0. The summed E-state index contributed by atoms with van der Waals surface area (Å²) in [4.78, 5) is 4.25. The van der Waals surface area contributed by atoms with Crippen LogP contribution in [0.25, 0.3) is 0 Å². The molecule has 25 heavy (non-hydrogen) atoms. The highest BCUT2D eigenvalue weighted by Crippen LogP contribution is 2.40. The zero-order valence-electron chi connectivity index (χ0n) is 13.5. The Kier molecular flexibility index (Phi) is 4.24. The monoisotopic (exact) mass is 357 g/mol. The fourth-order valence-electron chi connectivity index (χ4n) is 2.92. The number of hydrogen-bond acceptors (Lipinski definition) is 7. The van der Waals surface area contributed by atoms with E-state index in [1.54, 1.807) is 0 Å². The van der Waals surface area contributed by atoms with E-state index in [0.717, 1.165) is 44.2 Å². The third-order valence-electron chi connectivity index (χ3n) is 4.48. The molecule has 0 atom stereocenters.